The Morgan fingerprint density at radius 2 is 2.07 bits per heavy atom. The fraction of sp³-hybridized carbons (Fsp3) is 0.450. The highest BCUT2D eigenvalue weighted by molar-refractivity contribution is 6.34. The first-order valence-corrected chi connectivity index (χ1v) is 10.3. The minimum atomic E-state index is -0.611. The van der Waals surface area contributed by atoms with Gasteiger partial charge in [-0.05, 0) is 25.3 Å². The summed E-state index contributed by atoms with van der Waals surface area (Å²) in [4.78, 5) is 13.5. The van der Waals surface area contributed by atoms with E-state index in [-0.39, 0.29) is 12.0 Å². The molecule has 3 aromatic rings. The van der Waals surface area contributed by atoms with Crippen molar-refractivity contribution in [2.45, 2.75) is 45.3 Å². The van der Waals surface area contributed by atoms with Gasteiger partial charge in [0.05, 0.1) is 46.4 Å². The number of aromatic nitrogens is 4. The van der Waals surface area contributed by atoms with Gasteiger partial charge < -0.3 is 19.6 Å². The number of nitrogens with one attached hydrogen (secondary N) is 1. The summed E-state index contributed by atoms with van der Waals surface area (Å²) in [5, 5.41) is 14.3. The molecule has 2 N–H and O–H groups in total. The topological polar surface area (TPSA) is 84.6 Å². The van der Waals surface area contributed by atoms with Crippen LogP contribution < -0.4 is 5.32 Å². The van der Waals surface area contributed by atoms with Gasteiger partial charge in [-0.3, -0.25) is 0 Å². The molecule has 1 fully saturated rings. The Bertz CT molecular complexity index is 1050. The minimum Gasteiger partial charge on any atom is -0.389 e. The first-order valence-electron chi connectivity index (χ1n) is 9.58. The molecule has 0 radical (unpaired) electrons. The number of nitrogens with zero attached hydrogens (tertiary/aromatic N) is 4. The first-order chi connectivity index (χ1) is 13.8. The van der Waals surface area contributed by atoms with Crippen LogP contribution in [-0.4, -0.2) is 49.8 Å². The van der Waals surface area contributed by atoms with Gasteiger partial charge in [0.1, 0.15) is 0 Å². The van der Waals surface area contributed by atoms with Crippen LogP contribution in [0.15, 0.2) is 18.5 Å². The Morgan fingerprint density at radius 3 is 2.79 bits per heavy atom. The second kappa shape index (κ2) is 8.07. The van der Waals surface area contributed by atoms with Crippen molar-refractivity contribution in [3.05, 3.63) is 39.9 Å². The third kappa shape index (κ3) is 3.92. The van der Waals surface area contributed by atoms with Gasteiger partial charge in [0, 0.05) is 24.1 Å². The number of ether oxygens (including phenoxy) is 1. The first kappa shape index (κ1) is 20.3. The predicted octanol–water partition coefficient (Wildman–Crippen LogP) is 4.09. The van der Waals surface area contributed by atoms with E-state index < -0.39 is 6.10 Å². The minimum absolute atomic E-state index is 0.173. The molecule has 0 amide bonds. The van der Waals surface area contributed by atoms with E-state index in [1.54, 1.807) is 6.20 Å². The fourth-order valence-electron chi connectivity index (χ4n) is 3.76. The summed E-state index contributed by atoms with van der Waals surface area (Å²) in [5.41, 5.74) is 4.09. The normalized spacial score (nSPS) is 19.8. The van der Waals surface area contributed by atoms with E-state index in [4.69, 9.17) is 27.9 Å². The number of halogens is 2. The highest BCUT2D eigenvalue weighted by Crippen LogP contribution is 2.32. The van der Waals surface area contributed by atoms with Crippen molar-refractivity contribution in [3.63, 3.8) is 0 Å². The molecule has 4 heterocycles. The van der Waals surface area contributed by atoms with E-state index in [0.29, 0.717) is 47.0 Å². The third-order valence-corrected chi connectivity index (χ3v) is 5.66. The van der Waals surface area contributed by atoms with Crippen LogP contribution in [-0.2, 0) is 4.74 Å². The Balaban J connectivity index is 1.76. The molecule has 0 aromatic carbocycles. The number of aryl methyl sites for hydroxylation is 1. The van der Waals surface area contributed by atoms with Gasteiger partial charge in [-0.2, -0.15) is 0 Å². The Morgan fingerprint density at radius 1 is 1.28 bits per heavy atom. The van der Waals surface area contributed by atoms with Crippen LogP contribution in [0.1, 0.15) is 37.6 Å². The van der Waals surface area contributed by atoms with Crippen molar-refractivity contribution in [3.8, 4) is 11.3 Å². The lowest BCUT2D eigenvalue weighted by Crippen LogP contribution is -2.42. The Labute approximate surface area is 179 Å². The maximum atomic E-state index is 10.1. The van der Waals surface area contributed by atoms with E-state index in [9.17, 15) is 5.11 Å². The van der Waals surface area contributed by atoms with E-state index in [1.807, 2.05) is 23.6 Å². The van der Waals surface area contributed by atoms with Crippen LogP contribution in [0.2, 0.25) is 10.0 Å². The van der Waals surface area contributed by atoms with Crippen LogP contribution in [0.5, 0.6) is 0 Å². The Hall–Kier alpha value is -1.93. The molecule has 2 atom stereocenters. The van der Waals surface area contributed by atoms with Crippen LogP contribution >= 0.6 is 23.2 Å². The molecule has 7 nitrogen and oxygen atoms in total. The second-order valence-electron chi connectivity index (χ2n) is 7.58. The largest absolute Gasteiger partial charge is 0.389 e. The van der Waals surface area contributed by atoms with Crippen LogP contribution in [0.25, 0.3) is 16.9 Å². The number of imidazole rings is 1. The number of aliphatic hydroxyl groups is 1. The number of aliphatic hydroxyl groups excluding tert-OH is 1. The van der Waals surface area contributed by atoms with Crippen molar-refractivity contribution in [1.29, 1.82) is 0 Å². The smallest absolute Gasteiger partial charge is 0.223 e. The van der Waals surface area contributed by atoms with Gasteiger partial charge in [-0.1, -0.05) is 37.0 Å². The zero-order valence-electron chi connectivity index (χ0n) is 16.5. The average molecular weight is 436 g/mol. The fourth-order valence-corrected chi connectivity index (χ4v) is 4.21. The molecule has 1 saturated heterocycles. The van der Waals surface area contributed by atoms with Crippen molar-refractivity contribution in [2.24, 2.45) is 0 Å². The maximum absolute atomic E-state index is 10.1. The molecule has 0 aliphatic carbocycles. The van der Waals surface area contributed by atoms with Gasteiger partial charge in [-0.15, -0.1) is 0 Å². The standard InChI is InChI=1S/C20H23Cl2N5O2/c1-10(2)18-11(3)24-19-13(21)6-12(8-27(18)19)17-14(22)7-23-20(26-17)25-15-4-5-29-9-16(15)28/h6-8,10,15-16,28H,4-5,9H2,1-3H3,(H,23,25,26)/t15-,16-/m1/s1. The quantitative estimate of drug-likeness (QED) is 0.641. The summed E-state index contributed by atoms with van der Waals surface area (Å²) >= 11 is 13.0. The van der Waals surface area contributed by atoms with E-state index in [2.05, 4.69) is 34.1 Å². The lowest BCUT2D eigenvalue weighted by molar-refractivity contribution is -0.0136. The molecule has 1 aliphatic heterocycles. The summed E-state index contributed by atoms with van der Waals surface area (Å²) in [6, 6.07) is 1.64. The second-order valence-corrected chi connectivity index (χ2v) is 8.39. The number of anilines is 1. The molecule has 29 heavy (non-hydrogen) atoms. The number of hydrogen-bond donors (Lipinski definition) is 2. The summed E-state index contributed by atoms with van der Waals surface area (Å²) in [6.45, 7) is 7.10. The van der Waals surface area contributed by atoms with Gasteiger partial charge in [0.15, 0.2) is 5.65 Å². The molecule has 154 valence electrons. The molecular weight excluding hydrogens is 413 g/mol. The van der Waals surface area contributed by atoms with Crippen LogP contribution in [0, 0.1) is 6.92 Å². The highest BCUT2D eigenvalue weighted by Gasteiger charge is 2.25. The number of pyridine rings is 1. The predicted molar refractivity (Wildman–Crippen MR) is 114 cm³/mol. The summed E-state index contributed by atoms with van der Waals surface area (Å²) in [5.74, 6) is 0.682. The van der Waals surface area contributed by atoms with Gasteiger partial charge in [0.2, 0.25) is 5.95 Å². The molecule has 0 unspecified atom stereocenters. The van der Waals surface area contributed by atoms with E-state index in [1.165, 1.54) is 0 Å². The number of fused-ring (bicyclic) bond motifs is 1. The van der Waals surface area contributed by atoms with Crippen LogP contribution in [0.4, 0.5) is 5.95 Å². The number of hydrogen-bond acceptors (Lipinski definition) is 6. The lowest BCUT2D eigenvalue weighted by atomic mass is 10.1. The lowest BCUT2D eigenvalue weighted by Gasteiger charge is -2.28. The van der Waals surface area contributed by atoms with Crippen molar-refractivity contribution < 1.29 is 9.84 Å². The van der Waals surface area contributed by atoms with E-state index in [0.717, 1.165) is 17.0 Å². The molecule has 3 aromatic heterocycles. The van der Waals surface area contributed by atoms with E-state index >= 15 is 0 Å². The average Bonchev–Trinajstić information content (AvgIpc) is 3.02. The Kier molecular flexibility index (Phi) is 5.66. The monoisotopic (exact) mass is 435 g/mol. The molecule has 0 saturated carbocycles. The number of rotatable bonds is 4. The maximum Gasteiger partial charge on any atom is 0.223 e. The molecule has 0 spiro atoms. The molecule has 4 rings (SSSR count). The van der Waals surface area contributed by atoms with Gasteiger partial charge >= 0.3 is 0 Å². The molecule has 1 aliphatic rings. The van der Waals surface area contributed by atoms with Crippen molar-refractivity contribution in [2.75, 3.05) is 18.5 Å². The van der Waals surface area contributed by atoms with Crippen molar-refractivity contribution >= 4 is 34.8 Å². The van der Waals surface area contributed by atoms with Crippen molar-refractivity contribution in [1.82, 2.24) is 19.4 Å². The summed E-state index contributed by atoms with van der Waals surface area (Å²) in [7, 11) is 0. The zero-order chi connectivity index (χ0) is 20.7. The summed E-state index contributed by atoms with van der Waals surface area (Å²) < 4.78 is 7.28. The third-order valence-electron chi connectivity index (χ3n) is 5.10. The van der Waals surface area contributed by atoms with Gasteiger partial charge in [0.25, 0.3) is 0 Å². The molecule has 9 heteroatoms. The SMILES string of the molecule is Cc1nc2c(Cl)cc(-c3nc(N[C@@H]4CCOC[C@H]4O)ncc3Cl)cn2c1C(C)C. The van der Waals surface area contributed by atoms with Gasteiger partial charge in [-0.25, -0.2) is 15.0 Å². The van der Waals surface area contributed by atoms with Crippen LogP contribution in [0.3, 0.4) is 0 Å². The zero-order valence-corrected chi connectivity index (χ0v) is 18.0. The summed E-state index contributed by atoms with van der Waals surface area (Å²) in [6.07, 6.45) is 3.57. The highest BCUT2D eigenvalue weighted by atomic mass is 35.5. The molecule has 0 bridgehead atoms. The molecular formula is C20H23Cl2N5O2.